The summed E-state index contributed by atoms with van der Waals surface area (Å²) in [4.78, 5) is 10.7. The first kappa shape index (κ1) is 10.8. The number of rotatable bonds is 3. The minimum Gasteiger partial charge on any atom is -0.323 e. The first-order valence-electron chi connectivity index (χ1n) is 4.20. The zero-order valence-electron chi connectivity index (χ0n) is 7.76. The van der Waals surface area contributed by atoms with Gasteiger partial charge in [-0.2, -0.15) is 0 Å². The van der Waals surface area contributed by atoms with Crippen molar-refractivity contribution >= 4 is 5.78 Å². The second-order valence-electron chi connectivity index (χ2n) is 3.18. The Balaban J connectivity index is 2.90. The van der Waals surface area contributed by atoms with E-state index in [1.165, 1.54) is 13.0 Å². The Bertz CT molecular complexity index is 352. The maximum atomic E-state index is 13.1. The lowest BCUT2D eigenvalue weighted by atomic mass is 10.0. The number of halogens is 2. The Morgan fingerprint density at radius 3 is 2.64 bits per heavy atom. The molecule has 0 amide bonds. The number of Topliss-reactive ketones (excluding diaryl/α,β-unsaturated/α-hetero) is 1. The molecule has 1 aromatic rings. The summed E-state index contributed by atoms with van der Waals surface area (Å²) in [6.07, 6.45) is 0.0581. The molecule has 0 bridgehead atoms. The molecule has 1 unspecified atom stereocenters. The maximum absolute atomic E-state index is 13.1. The van der Waals surface area contributed by atoms with Crippen molar-refractivity contribution < 1.29 is 13.6 Å². The lowest BCUT2D eigenvalue weighted by Crippen LogP contribution is -2.15. The highest BCUT2D eigenvalue weighted by atomic mass is 19.1. The van der Waals surface area contributed by atoms with E-state index in [-0.39, 0.29) is 17.8 Å². The zero-order chi connectivity index (χ0) is 10.7. The molecule has 1 atom stereocenters. The average Bonchev–Trinajstić information content (AvgIpc) is 2.01. The first-order valence-corrected chi connectivity index (χ1v) is 4.20. The normalized spacial score (nSPS) is 12.6. The third-order valence-electron chi connectivity index (χ3n) is 1.87. The van der Waals surface area contributed by atoms with Gasteiger partial charge in [0.2, 0.25) is 0 Å². The van der Waals surface area contributed by atoms with E-state index in [2.05, 4.69) is 0 Å². The fraction of sp³-hybridized carbons (Fsp3) is 0.300. The molecule has 0 saturated carbocycles. The van der Waals surface area contributed by atoms with Gasteiger partial charge in [0.15, 0.2) is 0 Å². The molecule has 0 fully saturated rings. The lowest BCUT2D eigenvalue weighted by molar-refractivity contribution is -0.117. The predicted molar refractivity (Wildman–Crippen MR) is 48.6 cm³/mol. The summed E-state index contributed by atoms with van der Waals surface area (Å²) in [7, 11) is 0. The smallest absolute Gasteiger partial charge is 0.131 e. The monoisotopic (exact) mass is 199 g/mol. The molecule has 0 saturated heterocycles. The highest BCUT2D eigenvalue weighted by Gasteiger charge is 2.13. The standard InChI is InChI=1S/C10H11F2NO/c1-6(14)4-10(13)8-3-2-7(11)5-9(8)12/h2-3,5,10H,4,13H2,1H3. The van der Waals surface area contributed by atoms with Crippen LogP contribution in [0.4, 0.5) is 8.78 Å². The lowest BCUT2D eigenvalue weighted by Gasteiger charge is -2.10. The molecule has 2 N–H and O–H groups in total. The van der Waals surface area contributed by atoms with Crippen LogP contribution in [-0.4, -0.2) is 5.78 Å². The van der Waals surface area contributed by atoms with Crippen LogP contribution in [0.1, 0.15) is 24.9 Å². The van der Waals surface area contributed by atoms with Crippen molar-refractivity contribution in [3.63, 3.8) is 0 Å². The van der Waals surface area contributed by atoms with E-state index in [1.807, 2.05) is 0 Å². The molecule has 0 heterocycles. The molecule has 1 aromatic carbocycles. The molecule has 1 rings (SSSR count). The van der Waals surface area contributed by atoms with Gasteiger partial charge in [-0.1, -0.05) is 6.07 Å². The number of hydrogen-bond acceptors (Lipinski definition) is 2. The molecule has 4 heteroatoms. The van der Waals surface area contributed by atoms with Gasteiger partial charge in [0.1, 0.15) is 17.4 Å². The number of hydrogen-bond donors (Lipinski definition) is 1. The summed E-state index contributed by atoms with van der Waals surface area (Å²) in [5.74, 6) is -1.48. The van der Waals surface area contributed by atoms with E-state index in [1.54, 1.807) is 0 Å². The number of carbonyl (C=O) groups is 1. The van der Waals surface area contributed by atoms with E-state index < -0.39 is 17.7 Å². The van der Waals surface area contributed by atoms with Crippen LogP contribution in [0.2, 0.25) is 0 Å². The topological polar surface area (TPSA) is 43.1 Å². The molecule has 0 aromatic heterocycles. The van der Waals surface area contributed by atoms with Crippen LogP contribution in [0.15, 0.2) is 18.2 Å². The maximum Gasteiger partial charge on any atom is 0.131 e. The van der Waals surface area contributed by atoms with Crippen LogP contribution in [-0.2, 0) is 4.79 Å². The fourth-order valence-corrected chi connectivity index (χ4v) is 1.22. The number of nitrogens with two attached hydrogens (primary N) is 1. The summed E-state index contributed by atoms with van der Waals surface area (Å²) in [6.45, 7) is 1.38. The van der Waals surface area contributed by atoms with Gasteiger partial charge >= 0.3 is 0 Å². The Morgan fingerprint density at radius 2 is 2.14 bits per heavy atom. The summed E-state index contributed by atoms with van der Waals surface area (Å²) < 4.78 is 25.6. The van der Waals surface area contributed by atoms with Gasteiger partial charge in [-0.3, -0.25) is 4.79 Å². The van der Waals surface area contributed by atoms with E-state index in [0.29, 0.717) is 0 Å². The molecule has 0 aliphatic heterocycles. The molecular weight excluding hydrogens is 188 g/mol. The molecule has 0 aliphatic carbocycles. The number of benzene rings is 1. The first-order chi connectivity index (χ1) is 6.50. The molecule has 0 aliphatic rings. The van der Waals surface area contributed by atoms with Gasteiger partial charge in [0.25, 0.3) is 0 Å². The fourth-order valence-electron chi connectivity index (χ4n) is 1.22. The minimum absolute atomic E-state index is 0.0581. The largest absolute Gasteiger partial charge is 0.323 e. The third kappa shape index (κ3) is 2.60. The molecular formula is C10H11F2NO. The predicted octanol–water partition coefficient (Wildman–Crippen LogP) is 1.94. The van der Waals surface area contributed by atoms with Crippen molar-refractivity contribution in [2.75, 3.05) is 0 Å². The summed E-state index contributed by atoms with van der Waals surface area (Å²) in [5, 5.41) is 0. The summed E-state index contributed by atoms with van der Waals surface area (Å²) >= 11 is 0. The quantitative estimate of drug-likeness (QED) is 0.808. The van der Waals surface area contributed by atoms with Crippen molar-refractivity contribution in [3.8, 4) is 0 Å². The van der Waals surface area contributed by atoms with Crippen molar-refractivity contribution in [2.24, 2.45) is 5.73 Å². The molecule has 14 heavy (non-hydrogen) atoms. The zero-order valence-corrected chi connectivity index (χ0v) is 7.76. The van der Waals surface area contributed by atoms with E-state index in [4.69, 9.17) is 5.73 Å². The van der Waals surface area contributed by atoms with Crippen LogP contribution in [0, 0.1) is 11.6 Å². The number of carbonyl (C=O) groups excluding carboxylic acids is 1. The van der Waals surface area contributed by atoms with Crippen molar-refractivity contribution in [1.82, 2.24) is 0 Å². The second kappa shape index (κ2) is 4.28. The van der Waals surface area contributed by atoms with Gasteiger partial charge in [0, 0.05) is 24.1 Å². The summed E-state index contributed by atoms with van der Waals surface area (Å²) in [6, 6.07) is 2.44. The SMILES string of the molecule is CC(=O)CC(N)c1ccc(F)cc1F. The highest BCUT2D eigenvalue weighted by molar-refractivity contribution is 5.76. The van der Waals surface area contributed by atoms with E-state index in [0.717, 1.165) is 12.1 Å². The molecule has 0 spiro atoms. The molecule has 0 radical (unpaired) electrons. The summed E-state index contributed by atoms with van der Waals surface area (Å²) in [5.41, 5.74) is 5.73. The molecule has 76 valence electrons. The van der Waals surface area contributed by atoms with Gasteiger partial charge in [-0.15, -0.1) is 0 Å². The van der Waals surface area contributed by atoms with Crippen LogP contribution in [0.5, 0.6) is 0 Å². The average molecular weight is 199 g/mol. The Labute approximate surface area is 80.7 Å². The van der Waals surface area contributed by atoms with E-state index >= 15 is 0 Å². The Hall–Kier alpha value is -1.29. The van der Waals surface area contributed by atoms with Crippen LogP contribution < -0.4 is 5.73 Å². The minimum atomic E-state index is -0.709. The van der Waals surface area contributed by atoms with Crippen LogP contribution >= 0.6 is 0 Å². The van der Waals surface area contributed by atoms with Gasteiger partial charge in [-0.25, -0.2) is 8.78 Å². The van der Waals surface area contributed by atoms with Gasteiger partial charge < -0.3 is 5.73 Å². The highest BCUT2D eigenvalue weighted by Crippen LogP contribution is 2.18. The van der Waals surface area contributed by atoms with Crippen molar-refractivity contribution in [2.45, 2.75) is 19.4 Å². The Kier molecular flexibility index (Phi) is 3.30. The number of ketones is 1. The van der Waals surface area contributed by atoms with Gasteiger partial charge in [-0.05, 0) is 13.0 Å². The van der Waals surface area contributed by atoms with Crippen molar-refractivity contribution in [3.05, 3.63) is 35.4 Å². The van der Waals surface area contributed by atoms with Crippen molar-refractivity contribution in [1.29, 1.82) is 0 Å². The second-order valence-corrected chi connectivity index (χ2v) is 3.18. The van der Waals surface area contributed by atoms with Crippen LogP contribution in [0.3, 0.4) is 0 Å². The van der Waals surface area contributed by atoms with Gasteiger partial charge in [0.05, 0.1) is 0 Å². The van der Waals surface area contributed by atoms with Crippen LogP contribution in [0.25, 0.3) is 0 Å². The molecule has 2 nitrogen and oxygen atoms in total. The van der Waals surface area contributed by atoms with E-state index in [9.17, 15) is 13.6 Å². The third-order valence-corrected chi connectivity index (χ3v) is 1.87. The Morgan fingerprint density at radius 1 is 1.50 bits per heavy atom.